The highest BCUT2D eigenvalue weighted by Crippen LogP contribution is 2.20. The quantitative estimate of drug-likeness (QED) is 0.736. The summed E-state index contributed by atoms with van der Waals surface area (Å²) in [5.41, 5.74) is 4.58. The van der Waals surface area contributed by atoms with Crippen molar-refractivity contribution in [3.63, 3.8) is 0 Å². The van der Waals surface area contributed by atoms with Crippen LogP contribution >= 0.6 is 11.3 Å². The normalized spacial score (nSPS) is 10.7. The Morgan fingerprint density at radius 1 is 1.20 bits per heavy atom. The summed E-state index contributed by atoms with van der Waals surface area (Å²) in [5.74, 6) is 0.0316. The summed E-state index contributed by atoms with van der Waals surface area (Å²) in [7, 11) is 1.83. The fourth-order valence-electron chi connectivity index (χ4n) is 2.14. The lowest BCUT2D eigenvalue weighted by atomic mass is 10.1. The van der Waals surface area contributed by atoms with Crippen molar-refractivity contribution in [1.29, 1.82) is 0 Å². The molecule has 2 aromatic carbocycles. The summed E-state index contributed by atoms with van der Waals surface area (Å²) in [4.78, 5) is 18.4. The minimum atomic E-state index is 0.0316. The van der Waals surface area contributed by atoms with Crippen LogP contribution < -0.4 is 0 Å². The number of thiazole rings is 1. The molecule has 0 aliphatic carbocycles. The summed E-state index contributed by atoms with van der Waals surface area (Å²) in [6, 6.07) is 15.6. The average molecular weight is 282 g/mol. The van der Waals surface area contributed by atoms with E-state index in [0.29, 0.717) is 12.1 Å². The number of amides is 1. The molecule has 0 aliphatic heterocycles. The number of fused-ring (bicyclic) bond motifs is 1. The molecule has 100 valence electrons. The Morgan fingerprint density at radius 3 is 2.80 bits per heavy atom. The monoisotopic (exact) mass is 282 g/mol. The van der Waals surface area contributed by atoms with Crippen LogP contribution in [0.15, 0.2) is 54.0 Å². The van der Waals surface area contributed by atoms with E-state index in [4.69, 9.17) is 0 Å². The van der Waals surface area contributed by atoms with Gasteiger partial charge in [0.1, 0.15) is 0 Å². The second-order valence-corrected chi connectivity index (χ2v) is 5.57. The molecule has 20 heavy (non-hydrogen) atoms. The molecular weight excluding hydrogens is 268 g/mol. The van der Waals surface area contributed by atoms with E-state index in [1.165, 1.54) is 0 Å². The van der Waals surface area contributed by atoms with Crippen molar-refractivity contribution in [2.24, 2.45) is 0 Å². The lowest BCUT2D eigenvalue weighted by Crippen LogP contribution is -2.26. The molecule has 0 atom stereocenters. The number of hydrogen-bond acceptors (Lipinski definition) is 3. The van der Waals surface area contributed by atoms with Crippen LogP contribution in [-0.4, -0.2) is 22.8 Å². The zero-order valence-electron chi connectivity index (χ0n) is 11.1. The van der Waals surface area contributed by atoms with Gasteiger partial charge in [0, 0.05) is 19.2 Å². The average Bonchev–Trinajstić information content (AvgIpc) is 2.94. The third-order valence-electron chi connectivity index (χ3n) is 3.19. The lowest BCUT2D eigenvalue weighted by molar-refractivity contribution is 0.0785. The molecule has 0 fully saturated rings. The number of aromatic nitrogens is 1. The summed E-state index contributed by atoms with van der Waals surface area (Å²) in [5, 5.41) is 0. The van der Waals surface area contributed by atoms with E-state index in [9.17, 15) is 4.79 Å². The van der Waals surface area contributed by atoms with E-state index in [1.807, 2.05) is 55.6 Å². The molecule has 0 aliphatic rings. The maximum Gasteiger partial charge on any atom is 0.253 e. The maximum atomic E-state index is 12.4. The second kappa shape index (κ2) is 5.43. The van der Waals surface area contributed by atoms with E-state index < -0.39 is 0 Å². The number of rotatable bonds is 3. The minimum Gasteiger partial charge on any atom is -0.337 e. The summed E-state index contributed by atoms with van der Waals surface area (Å²) < 4.78 is 1.05. The Labute approximate surface area is 121 Å². The largest absolute Gasteiger partial charge is 0.337 e. The highest BCUT2D eigenvalue weighted by atomic mass is 32.1. The Morgan fingerprint density at radius 2 is 2.00 bits per heavy atom. The van der Waals surface area contributed by atoms with Crippen LogP contribution in [0.25, 0.3) is 10.2 Å². The predicted octanol–water partition coefficient (Wildman–Crippen LogP) is 3.57. The molecule has 1 amide bonds. The molecule has 4 heteroatoms. The molecular formula is C16H14N2OS. The molecule has 0 saturated heterocycles. The number of carbonyl (C=O) groups excluding carboxylic acids is 1. The highest BCUT2D eigenvalue weighted by Gasteiger charge is 2.12. The van der Waals surface area contributed by atoms with Gasteiger partial charge >= 0.3 is 0 Å². The summed E-state index contributed by atoms with van der Waals surface area (Å²) >= 11 is 1.55. The molecule has 3 nitrogen and oxygen atoms in total. The standard InChI is InChI=1S/C16H14N2OS/c1-18(10-12-5-3-2-4-6-12)16(19)13-7-8-14-15(9-13)20-11-17-14/h2-9,11H,10H2,1H3. The third kappa shape index (κ3) is 2.56. The van der Waals surface area contributed by atoms with Crippen molar-refractivity contribution < 1.29 is 4.79 Å². The lowest BCUT2D eigenvalue weighted by Gasteiger charge is -2.17. The van der Waals surface area contributed by atoms with Gasteiger partial charge in [0.15, 0.2) is 0 Å². The van der Waals surface area contributed by atoms with E-state index in [-0.39, 0.29) is 5.91 Å². The van der Waals surface area contributed by atoms with Crippen LogP contribution in [-0.2, 0) is 6.54 Å². The SMILES string of the molecule is CN(Cc1ccccc1)C(=O)c1ccc2ncsc2c1. The van der Waals surface area contributed by atoms with Crippen LogP contribution in [0.5, 0.6) is 0 Å². The Bertz CT molecular complexity index is 736. The molecule has 0 unspecified atom stereocenters. The molecule has 1 aromatic heterocycles. The molecule has 0 radical (unpaired) electrons. The van der Waals surface area contributed by atoms with E-state index >= 15 is 0 Å². The smallest absolute Gasteiger partial charge is 0.253 e. The maximum absolute atomic E-state index is 12.4. The van der Waals surface area contributed by atoms with Crippen molar-refractivity contribution in [2.75, 3.05) is 7.05 Å². The van der Waals surface area contributed by atoms with Gasteiger partial charge in [0.05, 0.1) is 15.7 Å². The molecule has 0 saturated carbocycles. The minimum absolute atomic E-state index is 0.0316. The molecule has 0 N–H and O–H groups in total. The first-order valence-electron chi connectivity index (χ1n) is 6.37. The second-order valence-electron chi connectivity index (χ2n) is 4.68. The molecule has 0 spiro atoms. The number of hydrogen-bond donors (Lipinski definition) is 0. The summed E-state index contributed by atoms with van der Waals surface area (Å²) in [6.45, 7) is 0.612. The zero-order chi connectivity index (χ0) is 13.9. The number of carbonyl (C=O) groups is 1. The van der Waals surface area contributed by atoms with Crippen LogP contribution in [0.2, 0.25) is 0 Å². The predicted molar refractivity (Wildman–Crippen MR) is 81.9 cm³/mol. The highest BCUT2D eigenvalue weighted by molar-refractivity contribution is 7.16. The molecule has 1 heterocycles. The first kappa shape index (κ1) is 12.8. The summed E-state index contributed by atoms with van der Waals surface area (Å²) in [6.07, 6.45) is 0. The van der Waals surface area contributed by atoms with Crippen molar-refractivity contribution in [3.05, 3.63) is 65.2 Å². The zero-order valence-corrected chi connectivity index (χ0v) is 11.9. The van der Waals surface area contributed by atoms with Crippen LogP contribution in [0, 0.1) is 0 Å². The van der Waals surface area contributed by atoms with Gasteiger partial charge < -0.3 is 4.90 Å². The topological polar surface area (TPSA) is 33.2 Å². The fourth-order valence-corrected chi connectivity index (χ4v) is 2.85. The Balaban J connectivity index is 1.80. The third-order valence-corrected chi connectivity index (χ3v) is 3.98. The number of nitrogens with zero attached hydrogens (tertiary/aromatic N) is 2. The first-order chi connectivity index (χ1) is 9.74. The van der Waals surface area contributed by atoms with Gasteiger partial charge in [-0.15, -0.1) is 11.3 Å². The van der Waals surface area contributed by atoms with Crippen molar-refractivity contribution in [2.45, 2.75) is 6.54 Å². The molecule has 3 aromatic rings. The van der Waals surface area contributed by atoms with Gasteiger partial charge in [-0.25, -0.2) is 4.98 Å². The van der Waals surface area contributed by atoms with Crippen molar-refractivity contribution in [3.8, 4) is 0 Å². The van der Waals surface area contributed by atoms with E-state index in [0.717, 1.165) is 15.8 Å². The van der Waals surface area contributed by atoms with Gasteiger partial charge in [-0.05, 0) is 23.8 Å². The van der Waals surface area contributed by atoms with Gasteiger partial charge in [0.2, 0.25) is 0 Å². The fraction of sp³-hybridized carbons (Fsp3) is 0.125. The van der Waals surface area contributed by atoms with Gasteiger partial charge in [-0.2, -0.15) is 0 Å². The van der Waals surface area contributed by atoms with Crippen LogP contribution in [0.1, 0.15) is 15.9 Å². The van der Waals surface area contributed by atoms with Crippen molar-refractivity contribution >= 4 is 27.5 Å². The Kier molecular flexibility index (Phi) is 3.48. The Hall–Kier alpha value is -2.20. The molecule has 3 rings (SSSR count). The van der Waals surface area contributed by atoms with Crippen molar-refractivity contribution in [1.82, 2.24) is 9.88 Å². The van der Waals surface area contributed by atoms with Gasteiger partial charge in [-0.3, -0.25) is 4.79 Å². The van der Waals surface area contributed by atoms with Gasteiger partial charge in [0.25, 0.3) is 5.91 Å². The van der Waals surface area contributed by atoms with E-state index in [1.54, 1.807) is 21.7 Å². The van der Waals surface area contributed by atoms with E-state index in [2.05, 4.69) is 4.98 Å². The van der Waals surface area contributed by atoms with Crippen LogP contribution in [0.4, 0.5) is 0 Å². The van der Waals surface area contributed by atoms with Gasteiger partial charge in [-0.1, -0.05) is 30.3 Å². The first-order valence-corrected chi connectivity index (χ1v) is 7.24. The molecule has 0 bridgehead atoms. The number of benzene rings is 2. The van der Waals surface area contributed by atoms with Crippen LogP contribution in [0.3, 0.4) is 0 Å².